The summed E-state index contributed by atoms with van der Waals surface area (Å²) in [6.07, 6.45) is 2.85. The molecule has 0 aromatic carbocycles. The molecule has 0 fully saturated rings. The highest BCUT2D eigenvalue weighted by atomic mass is 16.5. The zero-order chi connectivity index (χ0) is 14.3. The Kier molecular flexibility index (Phi) is 6.35. The summed E-state index contributed by atoms with van der Waals surface area (Å²) in [5, 5.41) is 3.26. The Bertz CT molecular complexity index is 395. The summed E-state index contributed by atoms with van der Waals surface area (Å²) >= 11 is 0. The number of nitrogens with two attached hydrogens (primary N) is 1. The fourth-order valence-corrected chi connectivity index (χ4v) is 1.72. The van der Waals surface area contributed by atoms with Gasteiger partial charge in [-0.1, -0.05) is 6.92 Å². The first-order valence-corrected chi connectivity index (χ1v) is 6.67. The summed E-state index contributed by atoms with van der Waals surface area (Å²) < 4.78 is 5.19. The summed E-state index contributed by atoms with van der Waals surface area (Å²) in [4.78, 5) is 10.9. The SMILES string of the molecule is CCCc1nc(NCCCN(C)C)c(N)c(OC)n1. The first-order chi connectivity index (χ1) is 9.08. The Hall–Kier alpha value is -1.56. The van der Waals surface area contributed by atoms with Crippen LogP contribution >= 0.6 is 0 Å². The van der Waals surface area contributed by atoms with Crippen LogP contribution in [-0.4, -0.2) is 49.2 Å². The van der Waals surface area contributed by atoms with Crippen LogP contribution in [0.25, 0.3) is 0 Å². The molecule has 1 rings (SSSR count). The summed E-state index contributed by atoms with van der Waals surface area (Å²) in [5.41, 5.74) is 6.46. The van der Waals surface area contributed by atoms with E-state index in [1.54, 1.807) is 7.11 Å². The molecule has 0 atom stereocenters. The molecule has 0 aliphatic rings. The van der Waals surface area contributed by atoms with Crippen LogP contribution in [0.4, 0.5) is 11.5 Å². The van der Waals surface area contributed by atoms with Crippen molar-refractivity contribution in [2.75, 3.05) is 45.3 Å². The largest absolute Gasteiger partial charge is 0.479 e. The predicted molar refractivity (Wildman–Crippen MR) is 78.7 cm³/mol. The number of hydrogen-bond donors (Lipinski definition) is 2. The maximum atomic E-state index is 5.98. The molecular formula is C13H25N5O. The third kappa shape index (κ3) is 4.90. The van der Waals surface area contributed by atoms with Gasteiger partial charge in [-0.15, -0.1) is 0 Å². The highest BCUT2D eigenvalue weighted by Crippen LogP contribution is 2.25. The van der Waals surface area contributed by atoms with Crippen molar-refractivity contribution in [3.05, 3.63) is 5.82 Å². The van der Waals surface area contributed by atoms with Crippen LogP contribution in [0.5, 0.6) is 5.88 Å². The summed E-state index contributed by atoms with van der Waals surface area (Å²) in [5.74, 6) is 1.89. The smallest absolute Gasteiger partial charge is 0.242 e. The molecule has 0 spiro atoms. The fraction of sp³-hybridized carbons (Fsp3) is 0.692. The number of hydrogen-bond acceptors (Lipinski definition) is 6. The molecule has 0 amide bonds. The van der Waals surface area contributed by atoms with Gasteiger partial charge in [0.2, 0.25) is 5.88 Å². The number of anilines is 2. The van der Waals surface area contributed by atoms with E-state index in [2.05, 4.69) is 41.2 Å². The Morgan fingerprint density at radius 1 is 1.32 bits per heavy atom. The van der Waals surface area contributed by atoms with Gasteiger partial charge in [-0.05, 0) is 33.5 Å². The van der Waals surface area contributed by atoms with E-state index in [4.69, 9.17) is 10.5 Å². The molecule has 1 aromatic rings. The number of ether oxygens (including phenoxy) is 1. The van der Waals surface area contributed by atoms with Crippen molar-refractivity contribution in [2.24, 2.45) is 0 Å². The van der Waals surface area contributed by atoms with E-state index in [0.717, 1.165) is 38.2 Å². The lowest BCUT2D eigenvalue weighted by Gasteiger charge is -2.13. The standard InChI is InChI=1S/C13H25N5O/c1-5-7-10-16-12(11(14)13(17-10)19-4)15-8-6-9-18(2)3/h5-9,14H2,1-4H3,(H,15,16,17). The number of nitrogen functional groups attached to an aromatic ring is 1. The van der Waals surface area contributed by atoms with Crippen molar-refractivity contribution in [1.82, 2.24) is 14.9 Å². The second kappa shape index (κ2) is 7.78. The lowest BCUT2D eigenvalue weighted by Crippen LogP contribution is -2.17. The van der Waals surface area contributed by atoms with E-state index in [1.165, 1.54) is 0 Å². The van der Waals surface area contributed by atoms with Gasteiger partial charge in [0.25, 0.3) is 0 Å². The zero-order valence-electron chi connectivity index (χ0n) is 12.4. The lowest BCUT2D eigenvalue weighted by atomic mass is 10.3. The summed E-state index contributed by atoms with van der Waals surface area (Å²) in [7, 11) is 5.69. The number of rotatable bonds is 8. The van der Waals surface area contributed by atoms with Crippen LogP contribution in [0, 0.1) is 0 Å². The second-order valence-electron chi connectivity index (χ2n) is 4.74. The van der Waals surface area contributed by atoms with Gasteiger partial charge in [0.1, 0.15) is 11.5 Å². The van der Waals surface area contributed by atoms with Gasteiger partial charge in [-0.2, -0.15) is 4.98 Å². The van der Waals surface area contributed by atoms with Crippen LogP contribution in [0.3, 0.4) is 0 Å². The van der Waals surface area contributed by atoms with Crippen molar-refractivity contribution in [1.29, 1.82) is 0 Å². The maximum Gasteiger partial charge on any atom is 0.242 e. The topological polar surface area (TPSA) is 76.3 Å². The number of aryl methyl sites for hydroxylation is 1. The average Bonchev–Trinajstić information content (AvgIpc) is 2.37. The van der Waals surface area contributed by atoms with E-state index < -0.39 is 0 Å². The third-order valence-corrected chi connectivity index (χ3v) is 2.70. The quantitative estimate of drug-likeness (QED) is 0.693. The highest BCUT2D eigenvalue weighted by molar-refractivity contribution is 5.66. The number of nitrogens with one attached hydrogen (secondary N) is 1. The molecule has 1 aromatic heterocycles. The van der Waals surface area contributed by atoms with Crippen molar-refractivity contribution >= 4 is 11.5 Å². The first kappa shape index (κ1) is 15.5. The van der Waals surface area contributed by atoms with E-state index in [9.17, 15) is 0 Å². The molecule has 3 N–H and O–H groups in total. The zero-order valence-corrected chi connectivity index (χ0v) is 12.4. The molecule has 6 heteroatoms. The predicted octanol–water partition coefficient (Wildman–Crippen LogP) is 1.38. The molecule has 0 aliphatic carbocycles. The molecular weight excluding hydrogens is 242 g/mol. The number of nitrogens with zero attached hydrogens (tertiary/aromatic N) is 3. The summed E-state index contributed by atoms with van der Waals surface area (Å²) in [6.45, 7) is 3.95. The Morgan fingerprint density at radius 2 is 2.05 bits per heavy atom. The van der Waals surface area contributed by atoms with E-state index in [0.29, 0.717) is 17.4 Å². The van der Waals surface area contributed by atoms with Gasteiger partial charge < -0.3 is 20.7 Å². The van der Waals surface area contributed by atoms with Crippen molar-refractivity contribution in [2.45, 2.75) is 26.2 Å². The van der Waals surface area contributed by atoms with E-state index >= 15 is 0 Å². The van der Waals surface area contributed by atoms with Crippen LogP contribution in [-0.2, 0) is 6.42 Å². The second-order valence-corrected chi connectivity index (χ2v) is 4.74. The van der Waals surface area contributed by atoms with Crippen LogP contribution < -0.4 is 15.8 Å². The average molecular weight is 267 g/mol. The van der Waals surface area contributed by atoms with Crippen LogP contribution in [0.2, 0.25) is 0 Å². The van der Waals surface area contributed by atoms with Gasteiger partial charge in [0.15, 0.2) is 5.82 Å². The van der Waals surface area contributed by atoms with Gasteiger partial charge in [0.05, 0.1) is 7.11 Å². The monoisotopic (exact) mass is 267 g/mol. The summed E-state index contributed by atoms with van der Waals surface area (Å²) in [6, 6.07) is 0. The van der Waals surface area contributed by atoms with Gasteiger partial charge in [-0.25, -0.2) is 4.98 Å². The normalized spacial score (nSPS) is 10.8. The molecule has 0 saturated carbocycles. The highest BCUT2D eigenvalue weighted by Gasteiger charge is 2.11. The Morgan fingerprint density at radius 3 is 2.63 bits per heavy atom. The van der Waals surface area contributed by atoms with Gasteiger partial charge >= 0.3 is 0 Å². The minimum Gasteiger partial charge on any atom is -0.479 e. The molecule has 0 aliphatic heterocycles. The Balaban J connectivity index is 2.71. The molecule has 19 heavy (non-hydrogen) atoms. The minimum absolute atomic E-state index is 0.452. The third-order valence-electron chi connectivity index (χ3n) is 2.70. The van der Waals surface area contributed by atoms with Crippen molar-refractivity contribution in [3.8, 4) is 5.88 Å². The molecule has 0 saturated heterocycles. The molecule has 1 heterocycles. The lowest BCUT2D eigenvalue weighted by molar-refractivity contribution is 0.397. The number of methoxy groups -OCH3 is 1. The Labute approximate surface area is 115 Å². The van der Waals surface area contributed by atoms with E-state index in [-0.39, 0.29) is 0 Å². The van der Waals surface area contributed by atoms with Crippen LogP contribution in [0.15, 0.2) is 0 Å². The van der Waals surface area contributed by atoms with Crippen molar-refractivity contribution < 1.29 is 4.74 Å². The minimum atomic E-state index is 0.452. The molecule has 6 nitrogen and oxygen atoms in total. The first-order valence-electron chi connectivity index (χ1n) is 6.67. The van der Waals surface area contributed by atoms with Crippen molar-refractivity contribution in [3.63, 3.8) is 0 Å². The van der Waals surface area contributed by atoms with E-state index in [1.807, 2.05) is 0 Å². The maximum absolute atomic E-state index is 5.98. The molecule has 0 radical (unpaired) electrons. The molecule has 0 bridgehead atoms. The van der Waals surface area contributed by atoms with Gasteiger partial charge in [-0.3, -0.25) is 0 Å². The van der Waals surface area contributed by atoms with Crippen LogP contribution in [0.1, 0.15) is 25.6 Å². The molecule has 0 unspecified atom stereocenters. The van der Waals surface area contributed by atoms with Gasteiger partial charge in [0, 0.05) is 13.0 Å². The molecule has 108 valence electrons. The number of aromatic nitrogens is 2. The fourth-order valence-electron chi connectivity index (χ4n) is 1.72.